The molecule has 1 aromatic rings. The standard InChI is InChI=1S/C15H21NO2S/c17-13-4-5-14-11(10-13)2-1-3-15(14)16-12-6-8-19(18)9-7-12/h4-5,10,12,15-17H,1-3,6-9H2. The second-order valence-electron chi connectivity index (χ2n) is 5.62. The Bertz CT molecular complexity index is 479. The zero-order valence-electron chi connectivity index (χ0n) is 11.1. The Hall–Kier alpha value is -0.870. The summed E-state index contributed by atoms with van der Waals surface area (Å²) < 4.78 is 11.4. The lowest BCUT2D eigenvalue weighted by Gasteiger charge is -2.32. The van der Waals surface area contributed by atoms with E-state index in [9.17, 15) is 9.32 Å². The van der Waals surface area contributed by atoms with Crippen LogP contribution in [0.25, 0.3) is 0 Å². The summed E-state index contributed by atoms with van der Waals surface area (Å²) in [6, 6.07) is 6.65. The van der Waals surface area contributed by atoms with E-state index in [1.807, 2.05) is 6.07 Å². The first kappa shape index (κ1) is 13.1. The maximum Gasteiger partial charge on any atom is 0.115 e. The Morgan fingerprint density at radius 2 is 2.00 bits per heavy atom. The predicted octanol–water partition coefficient (Wildman–Crippen LogP) is 2.27. The Kier molecular flexibility index (Phi) is 3.89. The van der Waals surface area contributed by atoms with E-state index < -0.39 is 10.8 Å². The van der Waals surface area contributed by atoms with E-state index in [2.05, 4.69) is 11.4 Å². The van der Waals surface area contributed by atoms with E-state index in [1.165, 1.54) is 17.5 Å². The molecule has 1 aliphatic carbocycles. The molecule has 0 radical (unpaired) electrons. The quantitative estimate of drug-likeness (QED) is 0.873. The first-order valence-electron chi connectivity index (χ1n) is 7.15. The monoisotopic (exact) mass is 279 g/mol. The first-order valence-corrected chi connectivity index (χ1v) is 8.64. The Labute approximate surface area is 116 Å². The van der Waals surface area contributed by atoms with Crippen LogP contribution in [0.1, 0.15) is 42.9 Å². The molecule has 1 aromatic carbocycles. The third kappa shape index (κ3) is 3.00. The minimum absolute atomic E-state index is 0.368. The highest BCUT2D eigenvalue weighted by atomic mass is 32.2. The molecule has 1 unspecified atom stereocenters. The van der Waals surface area contributed by atoms with Gasteiger partial charge in [-0.2, -0.15) is 0 Å². The summed E-state index contributed by atoms with van der Waals surface area (Å²) in [5.41, 5.74) is 2.62. The number of nitrogens with one attached hydrogen (secondary N) is 1. The van der Waals surface area contributed by atoms with Crippen molar-refractivity contribution >= 4 is 10.8 Å². The molecular weight excluding hydrogens is 258 g/mol. The van der Waals surface area contributed by atoms with Crippen molar-refractivity contribution in [3.8, 4) is 5.75 Å². The molecule has 1 atom stereocenters. The van der Waals surface area contributed by atoms with Crippen LogP contribution in [0, 0.1) is 0 Å². The first-order chi connectivity index (χ1) is 9.22. The van der Waals surface area contributed by atoms with Crippen molar-refractivity contribution in [3.63, 3.8) is 0 Å². The molecule has 19 heavy (non-hydrogen) atoms. The normalized spacial score (nSPS) is 30.8. The van der Waals surface area contributed by atoms with Gasteiger partial charge in [0.1, 0.15) is 5.75 Å². The number of hydrogen-bond donors (Lipinski definition) is 2. The molecule has 1 fully saturated rings. The number of hydrogen-bond acceptors (Lipinski definition) is 3. The van der Waals surface area contributed by atoms with Crippen molar-refractivity contribution in [2.45, 2.75) is 44.2 Å². The van der Waals surface area contributed by atoms with E-state index in [0.717, 1.165) is 37.2 Å². The fourth-order valence-electron chi connectivity index (χ4n) is 3.22. The number of phenols is 1. The van der Waals surface area contributed by atoms with Gasteiger partial charge in [0, 0.05) is 34.4 Å². The van der Waals surface area contributed by atoms with E-state index in [4.69, 9.17) is 0 Å². The lowest BCUT2D eigenvalue weighted by molar-refractivity contribution is 0.375. The van der Waals surface area contributed by atoms with Crippen molar-refractivity contribution in [3.05, 3.63) is 29.3 Å². The van der Waals surface area contributed by atoms with Gasteiger partial charge in [0.2, 0.25) is 0 Å². The summed E-state index contributed by atoms with van der Waals surface area (Å²) in [6.07, 6.45) is 5.45. The smallest absolute Gasteiger partial charge is 0.115 e. The Morgan fingerprint density at radius 3 is 2.79 bits per heavy atom. The number of phenolic OH excluding ortho intramolecular Hbond substituents is 1. The van der Waals surface area contributed by atoms with Crippen LogP contribution < -0.4 is 5.32 Å². The molecule has 0 bridgehead atoms. The largest absolute Gasteiger partial charge is 0.508 e. The van der Waals surface area contributed by atoms with Gasteiger partial charge in [-0.1, -0.05) is 6.07 Å². The Morgan fingerprint density at radius 1 is 1.21 bits per heavy atom. The van der Waals surface area contributed by atoms with Gasteiger partial charge in [-0.05, 0) is 55.4 Å². The summed E-state index contributed by atoms with van der Waals surface area (Å²) in [5.74, 6) is 2.05. The molecule has 104 valence electrons. The van der Waals surface area contributed by atoms with E-state index in [1.54, 1.807) is 6.07 Å². The van der Waals surface area contributed by atoms with Crippen molar-refractivity contribution in [2.24, 2.45) is 0 Å². The fourth-order valence-corrected chi connectivity index (χ4v) is 4.52. The van der Waals surface area contributed by atoms with Crippen LogP contribution >= 0.6 is 0 Å². The lowest BCUT2D eigenvalue weighted by Crippen LogP contribution is -2.39. The topological polar surface area (TPSA) is 49.3 Å². The zero-order chi connectivity index (χ0) is 13.2. The van der Waals surface area contributed by atoms with Gasteiger partial charge < -0.3 is 10.4 Å². The zero-order valence-corrected chi connectivity index (χ0v) is 11.9. The highest BCUT2D eigenvalue weighted by Crippen LogP contribution is 2.32. The molecule has 2 N–H and O–H groups in total. The van der Waals surface area contributed by atoms with Crippen LogP contribution in [0.5, 0.6) is 5.75 Å². The van der Waals surface area contributed by atoms with Gasteiger partial charge in [-0.3, -0.25) is 4.21 Å². The van der Waals surface area contributed by atoms with Gasteiger partial charge in [-0.15, -0.1) is 0 Å². The van der Waals surface area contributed by atoms with E-state index in [-0.39, 0.29) is 0 Å². The van der Waals surface area contributed by atoms with Gasteiger partial charge in [0.25, 0.3) is 0 Å². The average Bonchev–Trinajstić information content (AvgIpc) is 2.41. The number of fused-ring (bicyclic) bond motifs is 1. The van der Waals surface area contributed by atoms with Crippen molar-refractivity contribution in [2.75, 3.05) is 11.5 Å². The molecule has 3 nitrogen and oxygen atoms in total. The van der Waals surface area contributed by atoms with Crippen LogP contribution in [-0.2, 0) is 17.2 Å². The molecule has 1 aliphatic heterocycles. The van der Waals surface area contributed by atoms with E-state index in [0.29, 0.717) is 17.8 Å². The molecule has 0 amide bonds. The second kappa shape index (κ2) is 5.63. The molecule has 3 rings (SSSR count). The van der Waals surface area contributed by atoms with Gasteiger partial charge in [0.05, 0.1) is 0 Å². The third-order valence-electron chi connectivity index (χ3n) is 4.27. The number of benzene rings is 1. The van der Waals surface area contributed by atoms with Crippen LogP contribution in [0.2, 0.25) is 0 Å². The summed E-state index contributed by atoms with van der Waals surface area (Å²) in [5, 5.41) is 13.3. The summed E-state index contributed by atoms with van der Waals surface area (Å²) in [6.45, 7) is 0. The van der Waals surface area contributed by atoms with Crippen molar-refractivity contribution < 1.29 is 9.32 Å². The number of rotatable bonds is 2. The van der Waals surface area contributed by atoms with Crippen LogP contribution in [0.15, 0.2) is 18.2 Å². The fraction of sp³-hybridized carbons (Fsp3) is 0.600. The molecule has 0 aromatic heterocycles. The average molecular weight is 279 g/mol. The number of aromatic hydroxyl groups is 1. The lowest BCUT2D eigenvalue weighted by atomic mass is 9.87. The summed E-state index contributed by atoms with van der Waals surface area (Å²) >= 11 is 0. The second-order valence-corrected chi connectivity index (χ2v) is 7.31. The van der Waals surface area contributed by atoms with Crippen molar-refractivity contribution in [1.82, 2.24) is 5.32 Å². The van der Waals surface area contributed by atoms with Gasteiger partial charge >= 0.3 is 0 Å². The highest BCUT2D eigenvalue weighted by Gasteiger charge is 2.25. The third-order valence-corrected chi connectivity index (χ3v) is 5.65. The predicted molar refractivity (Wildman–Crippen MR) is 77.8 cm³/mol. The summed E-state index contributed by atoms with van der Waals surface area (Å²) in [7, 11) is -0.589. The molecular formula is C15H21NO2S. The van der Waals surface area contributed by atoms with Crippen LogP contribution in [0.3, 0.4) is 0 Å². The molecule has 1 saturated heterocycles. The van der Waals surface area contributed by atoms with E-state index >= 15 is 0 Å². The van der Waals surface area contributed by atoms with Gasteiger partial charge in [0.15, 0.2) is 0 Å². The molecule has 4 heteroatoms. The minimum Gasteiger partial charge on any atom is -0.508 e. The maximum atomic E-state index is 11.4. The highest BCUT2D eigenvalue weighted by molar-refractivity contribution is 7.85. The molecule has 2 aliphatic rings. The molecule has 0 spiro atoms. The van der Waals surface area contributed by atoms with Crippen LogP contribution in [-0.4, -0.2) is 26.9 Å². The molecule has 1 heterocycles. The molecule has 0 saturated carbocycles. The minimum atomic E-state index is -0.589. The van der Waals surface area contributed by atoms with Gasteiger partial charge in [-0.25, -0.2) is 0 Å². The Balaban J connectivity index is 1.71. The SMILES string of the molecule is O=S1CCC(NC2CCCc3cc(O)ccc32)CC1. The van der Waals surface area contributed by atoms with Crippen LogP contribution in [0.4, 0.5) is 0 Å². The number of aryl methyl sites for hydroxylation is 1. The maximum absolute atomic E-state index is 11.4. The van der Waals surface area contributed by atoms with Crippen molar-refractivity contribution in [1.29, 1.82) is 0 Å². The summed E-state index contributed by atoms with van der Waals surface area (Å²) in [4.78, 5) is 0.